The van der Waals surface area contributed by atoms with E-state index in [1.807, 2.05) is 67.6 Å². The molecule has 1 unspecified atom stereocenters. The standard InChI is InChI=1S/C26H22N4O2S2/c1-16(22-28-29-23(32-22)17-10-4-2-5-11-17)33-26-27-24-21(19-14-8-9-15-20(19)34-24)25(31)30(26)18-12-6-3-7-13-18/h2-7,10-13,16H,8-9,14-15H2,1H3. The summed E-state index contributed by atoms with van der Waals surface area (Å²) in [5.74, 6) is 0.987. The fraction of sp³-hybridized carbons (Fsp3) is 0.231. The summed E-state index contributed by atoms with van der Waals surface area (Å²) in [7, 11) is 0. The third kappa shape index (κ3) is 3.76. The summed E-state index contributed by atoms with van der Waals surface area (Å²) in [6.07, 6.45) is 4.28. The van der Waals surface area contributed by atoms with Gasteiger partial charge in [0.25, 0.3) is 5.56 Å². The average molecular weight is 487 g/mol. The number of benzene rings is 2. The molecule has 6 nitrogen and oxygen atoms in total. The Kier molecular flexibility index (Phi) is 5.55. The second-order valence-corrected chi connectivity index (χ2v) is 10.7. The molecule has 1 aliphatic rings. The highest BCUT2D eigenvalue weighted by Crippen LogP contribution is 2.38. The smallest absolute Gasteiger partial charge is 0.267 e. The lowest BCUT2D eigenvalue weighted by Crippen LogP contribution is -2.22. The van der Waals surface area contributed by atoms with Crippen molar-refractivity contribution in [3.05, 3.63) is 87.3 Å². The number of thiophene rings is 1. The molecule has 0 saturated heterocycles. The van der Waals surface area contributed by atoms with Crippen LogP contribution in [0.4, 0.5) is 0 Å². The van der Waals surface area contributed by atoms with Crippen LogP contribution in [-0.2, 0) is 12.8 Å². The van der Waals surface area contributed by atoms with Gasteiger partial charge in [0, 0.05) is 10.4 Å². The van der Waals surface area contributed by atoms with Gasteiger partial charge < -0.3 is 4.42 Å². The van der Waals surface area contributed by atoms with Crippen LogP contribution in [0.5, 0.6) is 0 Å². The normalized spacial score (nSPS) is 14.3. The molecular weight excluding hydrogens is 464 g/mol. The van der Waals surface area contributed by atoms with Crippen molar-refractivity contribution in [2.45, 2.75) is 43.0 Å². The first-order valence-corrected chi connectivity index (χ1v) is 13.1. The van der Waals surface area contributed by atoms with Crippen LogP contribution in [0, 0.1) is 0 Å². The second-order valence-electron chi connectivity index (χ2n) is 8.33. The van der Waals surface area contributed by atoms with Crippen molar-refractivity contribution in [1.82, 2.24) is 19.7 Å². The zero-order valence-corrected chi connectivity index (χ0v) is 20.2. The molecule has 3 aromatic heterocycles. The molecule has 8 heteroatoms. The van der Waals surface area contributed by atoms with Gasteiger partial charge in [0.2, 0.25) is 11.8 Å². The minimum Gasteiger partial charge on any atom is -0.419 e. The average Bonchev–Trinajstić information content (AvgIpc) is 3.51. The lowest BCUT2D eigenvalue weighted by Gasteiger charge is -2.15. The fourth-order valence-corrected chi connectivity index (χ4v) is 6.63. The van der Waals surface area contributed by atoms with E-state index in [1.165, 1.54) is 28.6 Å². The highest BCUT2D eigenvalue weighted by Gasteiger charge is 2.25. The van der Waals surface area contributed by atoms with Gasteiger partial charge in [-0.2, -0.15) is 0 Å². The minimum absolute atomic E-state index is 0.000744. The zero-order chi connectivity index (χ0) is 23.1. The highest BCUT2D eigenvalue weighted by molar-refractivity contribution is 7.99. The van der Waals surface area contributed by atoms with Crippen LogP contribution in [0.2, 0.25) is 0 Å². The van der Waals surface area contributed by atoms with Crippen LogP contribution in [0.15, 0.2) is 75.0 Å². The monoisotopic (exact) mass is 486 g/mol. The maximum absolute atomic E-state index is 13.9. The van der Waals surface area contributed by atoms with Crippen molar-refractivity contribution in [3.8, 4) is 17.1 Å². The van der Waals surface area contributed by atoms with Gasteiger partial charge in [-0.3, -0.25) is 9.36 Å². The first kappa shape index (κ1) is 21.3. The quantitative estimate of drug-likeness (QED) is 0.217. The number of hydrogen-bond acceptors (Lipinski definition) is 7. The topological polar surface area (TPSA) is 73.8 Å². The summed E-state index contributed by atoms with van der Waals surface area (Å²) in [4.78, 5) is 21.0. The first-order chi connectivity index (χ1) is 16.7. The maximum Gasteiger partial charge on any atom is 0.267 e. The van der Waals surface area contributed by atoms with Gasteiger partial charge in [0.15, 0.2) is 5.16 Å². The summed E-state index contributed by atoms with van der Waals surface area (Å²) in [5, 5.41) is 9.74. The predicted octanol–water partition coefficient (Wildman–Crippen LogP) is 6.23. The molecule has 0 bridgehead atoms. The van der Waals surface area contributed by atoms with Crippen LogP contribution >= 0.6 is 23.1 Å². The Morgan fingerprint density at radius 3 is 2.53 bits per heavy atom. The van der Waals surface area contributed by atoms with E-state index in [0.717, 1.165) is 40.7 Å². The molecule has 0 N–H and O–H groups in total. The molecule has 3 heterocycles. The fourth-order valence-electron chi connectivity index (χ4n) is 4.37. The SMILES string of the molecule is CC(Sc1nc2sc3c(c2c(=O)n1-c1ccccc1)CCCC3)c1nnc(-c2ccccc2)o1. The Balaban J connectivity index is 1.44. The molecule has 0 radical (unpaired) electrons. The van der Waals surface area contributed by atoms with Gasteiger partial charge in [0.05, 0.1) is 16.3 Å². The second kappa shape index (κ2) is 8.85. The number of aromatic nitrogens is 4. The van der Waals surface area contributed by atoms with Gasteiger partial charge in [-0.25, -0.2) is 4.98 Å². The van der Waals surface area contributed by atoms with Crippen molar-refractivity contribution in [2.24, 2.45) is 0 Å². The molecule has 0 fully saturated rings. The predicted molar refractivity (Wildman–Crippen MR) is 136 cm³/mol. The van der Waals surface area contributed by atoms with Gasteiger partial charge >= 0.3 is 0 Å². The largest absolute Gasteiger partial charge is 0.419 e. The number of fused-ring (bicyclic) bond motifs is 3. The highest BCUT2D eigenvalue weighted by atomic mass is 32.2. The summed E-state index contributed by atoms with van der Waals surface area (Å²) in [6.45, 7) is 2.00. The van der Waals surface area contributed by atoms with E-state index in [9.17, 15) is 4.79 Å². The third-order valence-corrected chi connectivity index (χ3v) is 8.29. The van der Waals surface area contributed by atoms with E-state index in [1.54, 1.807) is 15.9 Å². The Bertz CT molecular complexity index is 1520. The molecule has 0 saturated carbocycles. The summed E-state index contributed by atoms with van der Waals surface area (Å²) in [6, 6.07) is 19.4. The molecule has 5 aromatic rings. The van der Waals surface area contributed by atoms with Crippen LogP contribution < -0.4 is 5.56 Å². The van der Waals surface area contributed by atoms with Crippen molar-refractivity contribution < 1.29 is 4.42 Å². The van der Waals surface area contributed by atoms with Crippen molar-refractivity contribution >= 4 is 33.3 Å². The van der Waals surface area contributed by atoms with E-state index in [-0.39, 0.29) is 10.8 Å². The third-order valence-electron chi connectivity index (χ3n) is 6.06. The van der Waals surface area contributed by atoms with Crippen molar-refractivity contribution in [3.63, 3.8) is 0 Å². The molecule has 34 heavy (non-hydrogen) atoms. The van der Waals surface area contributed by atoms with Crippen molar-refractivity contribution in [1.29, 1.82) is 0 Å². The molecule has 0 aliphatic heterocycles. The van der Waals surface area contributed by atoms with Crippen LogP contribution in [0.25, 0.3) is 27.4 Å². The van der Waals surface area contributed by atoms with E-state index in [4.69, 9.17) is 9.40 Å². The van der Waals surface area contributed by atoms with E-state index in [0.29, 0.717) is 16.9 Å². The number of hydrogen-bond donors (Lipinski definition) is 0. The molecule has 0 spiro atoms. The number of aryl methyl sites for hydroxylation is 2. The Hall–Kier alpha value is -3.23. The molecule has 6 rings (SSSR count). The minimum atomic E-state index is -0.182. The zero-order valence-electron chi connectivity index (χ0n) is 18.6. The summed E-state index contributed by atoms with van der Waals surface area (Å²) >= 11 is 3.13. The molecule has 1 atom stereocenters. The van der Waals surface area contributed by atoms with E-state index < -0.39 is 0 Å². The molecule has 170 valence electrons. The maximum atomic E-state index is 13.9. The van der Waals surface area contributed by atoms with Gasteiger partial charge in [-0.1, -0.05) is 48.2 Å². The molecular formula is C26H22N4O2S2. The molecule has 1 aliphatic carbocycles. The van der Waals surface area contributed by atoms with Gasteiger partial charge in [-0.05, 0) is 62.4 Å². The van der Waals surface area contributed by atoms with Crippen LogP contribution in [0.1, 0.15) is 41.3 Å². The first-order valence-electron chi connectivity index (χ1n) is 11.4. The van der Waals surface area contributed by atoms with Crippen LogP contribution in [0.3, 0.4) is 0 Å². The lowest BCUT2D eigenvalue weighted by molar-refractivity contribution is 0.509. The Labute approximate surface area is 204 Å². The van der Waals surface area contributed by atoms with Crippen LogP contribution in [-0.4, -0.2) is 19.7 Å². The van der Waals surface area contributed by atoms with Gasteiger partial charge in [0.1, 0.15) is 4.83 Å². The molecule has 0 amide bonds. The van der Waals surface area contributed by atoms with E-state index >= 15 is 0 Å². The lowest BCUT2D eigenvalue weighted by atomic mass is 9.97. The number of rotatable bonds is 5. The number of nitrogens with zero attached hydrogens (tertiary/aromatic N) is 4. The molecule has 2 aromatic carbocycles. The number of para-hydroxylation sites is 1. The van der Waals surface area contributed by atoms with Gasteiger partial charge in [-0.15, -0.1) is 21.5 Å². The Morgan fingerprint density at radius 2 is 1.74 bits per heavy atom. The summed E-state index contributed by atoms with van der Waals surface area (Å²) < 4.78 is 7.71. The van der Waals surface area contributed by atoms with E-state index in [2.05, 4.69) is 10.2 Å². The Morgan fingerprint density at radius 1 is 1.00 bits per heavy atom. The summed E-state index contributed by atoms with van der Waals surface area (Å²) in [5.41, 5.74) is 2.88. The number of thioether (sulfide) groups is 1. The van der Waals surface area contributed by atoms with Crippen molar-refractivity contribution in [2.75, 3.05) is 0 Å².